The molecule has 6 heteroatoms. The van der Waals surface area contributed by atoms with E-state index in [-0.39, 0.29) is 5.60 Å². The highest BCUT2D eigenvalue weighted by molar-refractivity contribution is 5.34. The van der Waals surface area contributed by atoms with Gasteiger partial charge in [-0.1, -0.05) is 0 Å². The fraction of sp³-hybridized carbons (Fsp3) is 0.765. The van der Waals surface area contributed by atoms with Crippen LogP contribution in [-0.2, 0) is 9.47 Å². The molecule has 0 aliphatic carbocycles. The molecule has 3 aliphatic rings. The molecule has 1 N–H and O–H groups in total. The number of nitrogens with one attached hydrogen (secondary N) is 1. The maximum atomic E-state index is 6.25. The molecule has 3 fully saturated rings. The summed E-state index contributed by atoms with van der Waals surface area (Å²) in [6.45, 7) is 6.75. The minimum absolute atomic E-state index is 0.0358. The third-order valence-electron chi connectivity index (χ3n) is 5.41. The van der Waals surface area contributed by atoms with Gasteiger partial charge in [-0.2, -0.15) is 5.10 Å². The van der Waals surface area contributed by atoms with Gasteiger partial charge < -0.3 is 14.8 Å². The molecule has 0 aromatic carbocycles. The van der Waals surface area contributed by atoms with E-state index in [2.05, 4.69) is 20.4 Å². The molecule has 6 nitrogen and oxygen atoms in total. The predicted octanol–water partition coefficient (Wildman–Crippen LogP) is 1.61. The minimum Gasteiger partial charge on any atom is -0.381 e. The van der Waals surface area contributed by atoms with Crippen LogP contribution in [0.25, 0.3) is 0 Å². The highest BCUT2D eigenvalue weighted by Gasteiger charge is 2.47. The SMILES string of the molecule is Cc1ccc(N[C@@H]2CO[C@]3(CCN(C4CCOCC4)C3)C2)nn1. The van der Waals surface area contributed by atoms with Crippen molar-refractivity contribution in [3.8, 4) is 0 Å². The maximum absolute atomic E-state index is 6.25. The molecule has 0 amide bonds. The molecule has 2 atom stereocenters. The number of ether oxygens (including phenoxy) is 2. The van der Waals surface area contributed by atoms with Gasteiger partial charge in [0.25, 0.3) is 0 Å². The topological polar surface area (TPSA) is 59.5 Å². The van der Waals surface area contributed by atoms with Gasteiger partial charge in [0.2, 0.25) is 0 Å². The Hall–Kier alpha value is -1.24. The number of nitrogens with zero attached hydrogens (tertiary/aromatic N) is 3. The molecule has 0 bridgehead atoms. The Morgan fingerprint density at radius 1 is 1.26 bits per heavy atom. The van der Waals surface area contributed by atoms with Crippen LogP contribution in [0.5, 0.6) is 0 Å². The summed E-state index contributed by atoms with van der Waals surface area (Å²) >= 11 is 0. The second-order valence-corrected chi connectivity index (χ2v) is 7.16. The third-order valence-corrected chi connectivity index (χ3v) is 5.41. The van der Waals surface area contributed by atoms with Crippen molar-refractivity contribution in [2.45, 2.75) is 50.3 Å². The van der Waals surface area contributed by atoms with Crippen LogP contribution in [0.1, 0.15) is 31.4 Å². The fourth-order valence-electron chi connectivity index (χ4n) is 4.14. The van der Waals surface area contributed by atoms with Gasteiger partial charge in [0, 0.05) is 38.8 Å². The van der Waals surface area contributed by atoms with Crippen molar-refractivity contribution in [2.24, 2.45) is 0 Å². The molecule has 4 heterocycles. The van der Waals surface area contributed by atoms with Gasteiger partial charge in [0.05, 0.1) is 23.9 Å². The van der Waals surface area contributed by atoms with E-state index < -0.39 is 0 Å². The summed E-state index contributed by atoms with van der Waals surface area (Å²) in [7, 11) is 0. The molecule has 1 aromatic rings. The quantitative estimate of drug-likeness (QED) is 0.914. The lowest BCUT2D eigenvalue weighted by Crippen LogP contribution is -2.41. The zero-order valence-corrected chi connectivity index (χ0v) is 13.8. The summed E-state index contributed by atoms with van der Waals surface area (Å²) in [5.74, 6) is 0.848. The first-order valence-electron chi connectivity index (χ1n) is 8.75. The molecular weight excluding hydrogens is 292 g/mol. The number of hydrogen-bond acceptors (Lipinski definition) is 6. The second kappa shape index (κ2) is 6.34. The summed E-state index contributed by atoms with van der Waals surface area (Å²) in [6.07, 6.45) is 4.53. The lowest BCUT2D eigenvalue weighted by atomic mass is 9.97. The molecule has 0 saturated carbocycles. The fourth-order valence-corrected chi connectivity index (χ4v) is 4.14. The van der Waals surface area contributed by atoms with Crippen LogP contribution in [0.4, 0.5) is 5.82 Å². The van der Waals surface area contributed by atoms with Gasteiger partial charge in [-0.15, -0.1) is 5.10 Å². The zero-order chi connectivity index (χ0) is 15.7. The van der Waals surface area contributed by atoms with E-state index in [0.29, 0.717) is 12.1 Å². The Labute approximate surface area is 137 Å². The lowest BCUT2D eigenvalue weighted by molar-refractivity contribution is -0.00314. The van der Waals surface area contributed by atoms with Gasteiger partial charge in [-0.3, -0.25) is 4.90 Å². The van der Waals surface area contributed by atoms with E-state index in [9.17, 15) is 0 Å². The van der Waals surface area contributed by atoms with Crippen molar-refractivity contribution in [3.05, 3.63) is 17.8 Å². The standard InChI is InChI=1S/C17H26N4O2/c1-13-2-3-16(20-19-13)18-14-10-17(23-11-14)6-7-21(12-17)15-4-8-22-9-5-15/h2-3,14-15H,4-12H2,1H3,(H,18,20)/t14-,17+/m0/s1. The second-order valence-electron chi connectivity index (χ2n) is 7.16. The van der Waals surface area contributed by atoms with E-state index in [0.717, 1.165) is 70.1 Å². The monoisotopic (exact) mass is 318 g/mol. The van der Waals surface area contributed by atoms with E-state index in [1.807, 2.05) is 19.1 Å². The van der Waals surface area contributed by atoms with Crippen molar-refractivity contribution >= 4 is 5.82 Å². The van der Waals surface area contributed by atoms with E-state index in [1.165, 1.54) is 0 Å². The first kappa shape index (κ1) is 15.3. The van der Waals surface area contributed by atoms with E-state index in [4.69, 9.17) is 9.47 Å². The molecule has 23 heavy (non-hydrogen) atoms. The van der Waals surface area contributed by atoms with Crippen LogP contribution >= 0.6 is 0 Å². The molecular formula is C17H26N4O2. The molecule has 4 rings (SSSR count). The first-order valence-corrected chi connectivity index (χ1v) is 8.75. The summed E-state index contributed by atoms with van der Waals surface area (Å²) in [5, 5.41) is 11.8. The van der Waals surface area contributed by atoms with Crippen LogP contribution in [0, 0.1) is 6.92 Å². The van der Waals surface area contributed by atoms with Crippen molar-refractivity contribution in [1.82, 2.24) is 15.1 Å². The lowest BCUT2D eigenvalue weighted by Gasteiger charge is -2.32. The molecule has 3 saturated heterocycles. The number of hydrogen-bond donors (Lipinski definition) is 1. The molecule has 1 aromatic heterocycles. The highest BCUT2D eigenvalue weighted by Crippen LogP contribution is 2.37. The molecule has 1 spiro atoms. The highest BCUT2D eigenvalue weighted by atomic mass is 16.5. The Morgan fingerprint density at radius 3 is 2.91 bits per heavy atom. The number of anilines is 1. The van der Waals surface area contributed by atoms with Crippen molar-refractivity contribution < 1.29 is 9.47 Å². The number of likely N-dealkylation sites (tertiary alicyclic amines) is 1. The van der Waals surface area contributed by atoms with Crippen molar-refractivity contribution in [1.29, 1.82) is 0 Å². The Morgan fingerprint density at radius 2 is 2.13 bits per heavy atom. The summed E-state index contributed by atoms with van der Waals surface area (Å²) in [4.78, 5) is 2.62. The molecule has 0 unspecified atom stereocenters. The van der Waals surface area contributed by atoms with Gasteiger partial charge in [0.15, 0.2) is 0 Å². The number of aromatic nitrogens is 2. The van der Waals surface area contributed by atoms with Crippen LogP contribution in [0.2, 0.25) is 0 Å². The maximum Gasteiger partial charge on any atom is 0.148 e. The average Bonchev–Trinajstić information content (AvgIpc) is 3.18. The van der Waals surface area contributed by atoms with Crippen LogP contribution in [-0.4, -0.2) is 65.7 Å². The zero-order valence-electron chi connectivity index (χ0n) is 13.8. The van der Waals surface area contributed by atoms with Crippen molar-refractivity contribution in [2.75, 3.05) is 38.2 Å². The summed E-state index contributed by atoms with van der Waals surface area (Å²) in [6, 6.07) is 5.00. The largest absolute Gasteiger partial charge is 0.381 e. The van der Waals surface area contributed by atoms with E-state index >= 15 is 0 Å². The van der Waals surface area contributed by atoms with Crippen LogP contribution < -0.4 is 5.32 Å². The Kier molecular flexibility index (Phi) is 4.22. The van der Waals surface area contributed by atoms with Crippen LogP contribution in [0.15, 0.2) is 12.1 Å². The predicted molar refractivity (Wildman–Crippen MR) is 87.5 cm³/mol. The molecule has 0 radical (unpaired) electrons. The normalized spacial score (nSPS) is 32.7. The smallest absolute Gasteiger partial charge is 0.148 e. The van der Waals surface area contributed by atoms with Gasteiger partial charge in [-0.05, 0) is 38.3 Å². The molecule has 126 valence electrons. The molecule has 3 aliphatic heterocycles. The van der Waals surface area contributed by atoms with Gasteiger partial charge in [0.1, 0.15) is 5.82 Å². The Bertz CT molecular complexity index is 532. The summed E-state index contributed by atoms with van der Waals surface area (Å²) < 4.78 is 11.7. The summed E-state index contributed by atoms with van der Waals surface area (Å²) in [5.41, 5.74) is 0.978. The number of rotatable bonds is 3. The van der Waals surface area contributed by atoms with Gasteiger partial charge >= 0.3 is 0 Å². The number of aryl methyl sites for hydroxylation is 1. The average molecular weight is 318 g/mol. The van der Waals surface area contributed by atoms with E-state index in [1.54, 1.807) is 0 Å². The minimum atomic E-state index is 0.0358. The first-order chi connectivity index (χ1) is 11.2. The van der Waals surface area contributed by atoms with Crippen molar-refractivity contribution in [3.63, 3.8) is 0 Å². The Balaban J connectivity index is 1.33. The van der Waals surface area contributed by atoms with Crippen LogP contribution in [0.3, 0.4) is 0 Å². The van der Waals surface area contributed by atoms with Gasteiger partial charge in [-0.25, -0.2) is 0 Å². The third kappa shape index (κ3) is 3.34.